The van der Waals surface area contributed by atoms with Crippen molar-refractivity contribution in [1.82, 2.24) is 19.7 Å². The van der Waals surface area contributed by atoms with Crippen LogP contribution in [0.25, 0.3) is 5.95 Å². The number of aliphatic carboxylic acids is 1. The van der Waals surface area contributed by atoms with E-state index in [0.29, 0.717) is 36.0 Å². The zero-order chi connectivity index (χ0) is 92.4. The van der Waals surface area contributed by atoms with Crippen molar-refractivity contribution < 1.29 is 84.7 Å². The highest BCUT2D eigenvalue weighted by atomic mass is 127. The first-order chi connectivity index (χ1) is 61.3. The van der Waals surface area contributed by atoms with Crippen molar-refractivity contribution >= 4 is 128 Å². The number of nitrogens with one attached hydrogen (secondary N) is 1. The molecule has 1 aliphatic rings. The molecule has 0 spiro atoms. The summed E-state index contributed by atoms with van der Waals surface area (Å²) in [4.78, 5) is 80.3. The maximum absolute atomic E-state index is 13.5. The summed E-state index contributed by atoms with van der Waals surface area (Å²) in [6.45, 7) is 11.9. The minimum absolute atomic E-state index is 0. The van der Waals surface area contributed by atoms with Crippen LogP contribution < -0.4 is 40.1 Å². The van der Waals surface area contributed by atoms with E-state index < -0.39 is 42.7 Å². The van der Waals surface area contributed by atoms with Gasteiger partial charge in [-0.15, -0.1) is 4.21 Å². The average molecular weight is 2160 g/mol. The summed E-state index contributed by atoms with van der Waals surface area (Å²) in [6.07, 6.45) is 9.72. The fourth-order valence-corrected chi connectivity index (χ4v) is 17.5. The molecular formula is C103H101Br4IN4O14P2S. The second-order valence-corrected chi connectivity index (χ2v) is 41.5. The third-order valence-electron chi connectivity index (χ3n) is 19.6. The molecule has 1 aliphatic heterocycles. The molecule has 0 saturated carbocycles. The lowest BCUT2D eigenvalue weighted by molar-refractivity contribution is -0.137. The molecule has 3 heterocycles. The van der Waals surface area contributed by atoms with Gasteiger partial charge in [-0.3, -0.25) is 42.9 Å². The van der Waals surface area contributed by atoms with E-state index in [9.17, 15) is 47.2 Å². The Morgan fingerprint density at radius 3 is 1.16 bits per heavy atom. The standard InChI is InChI=1S/C25H25N4O4P.C19H23O4P.C15H13BrO.C14H11BrO2.C14H11BrO.C13H9BrO.C3H9OS.HI/c1-3-33-34(2,32)21-12-10-19(11-13-21)23(18-8-5-4-6-9-18)22(30)16-20-17-26-25(28-24(20)31)29-15-7-14-27-29;1-4-22-24(21,23-5-2)18-13-11-17(12-14-18)19(15(3)20)16-9-7-6-8-10-16;1-11(17)15(12-5-3-2-4-6-12)13-7-9-14(16)10-8-13;15-12-8-6-11(7-9-12)13(14(16)17)10-4-2-1-3-5-10;15-13-8-6-12(7-9-13)14(10-16-14)11-4-2-1-3-5-11;14-12-8-6-11(7-9-12)13(15)10-4-2-1-3-5-10;1-5(2,3)4;/h4-15,17,23H,3,16H2,1-2H3,(H,26,28,31);6-14,19H,4-5H2,1-3H3;2-10,15H,1H3;1-9,13H,(H,16,17);1-9H,10H2;1-9H;1-3H3;1H/q;;;;;;+1;/p-1. The zero-order valence-corrected chi connectivity index (χ0v) is 83.7. The molecule has 0 amide bonds. The Balaban J connectivity index is 0.000000194. The Morgan fingerprint density at radius 1 is 0.465 bits per heavy atom. The van der Waals surface area contributed by atoms with Crippen molar-refractivity contribution in [2.24, 2.45) is 0 Å². The summed E-state index contributed by atoms with van der Waals surface area (Å²) in [6, 6.07) is 105. The molecular weight excluding hydrogens is 2060 g/mol. The maximum atomic E-state index is 13.5. The lowest BCUT2D eigenvalue weighted by Crippen LogP contribution is -3.00. The molecule has 0 aliphatic carbocycles. The van der Waals surface area contributed by atoms with Gasteiger partial charge >= 0.3 is 13.6 Å². The van der Waals surface area contributed by atoms with E-state index in [4.69, 9.17) is 18.3 Å². The van der Waals surface area contributed by atoms with E-state index in [1.807, 2.05) is 243 Å². The van der Waals surface area contributed by atoms with Crippen LogP contribution in [0.3, 0.4) is 0 Å². The number of carbonyl (C=O) groups is 5. The number of halogens is 5. The number of ether oxygens (including phenoxy) is 1. The minimum atomic E-state index is -3.30. The number of epoxide rings is 1. The van der Waals surface area contributed by atoms with Crippen LogP contribution in [0.5, 0.6) is 0 Å². The fraction of sp³-hybridized carbons (Fsp3) is 0.184. The van der Waals surface area contributed by atoms with Gasteiger partial charge in [0, 0.05) is 71.6 Å². The first-order valence-corrected chi connectivity index (χ1v) is 50.5. The molecule has 0 bridgehead atoms. The van der Waals surface area contributed by atoms with E-state index in [1.165, 1.54) is 22.0 Å². The van der Waals surface area contributed by atoms with Gasteiger partial charge < -0.3 is 47.4 Å². The van der Waals surface area contributed by atoms with Crippen molar-refractivity contribution in [2.45, 2.75) is 70.3 Å². The van der Waals surface area contributed by atoms with Crippen LogP contribution in [0, 0.1) is 0 Å². The second-order valence-electron chi connectivity index (χ2n) is 29.9. The third-order valence-corrected chi connectivity index (χ3v) is 25.8. The summed E-state index contributed by atoms with van der Waals surface area (Å²) >= 11 is 13.5. The molecule has 12 aromatic carbocycles. The normalized spacial score (nSPS) is 13.7. The van der Waals surface area contributed by atoms with Crippen molar-refractivity contribution in [3.05, 3.63) is 453 Å². The van der Waals surface area contributed by atoms with Crippen LogP contribution in [0.4, 0.5) is 0 Å². The van der Waals surface area contributed by atoms with Gasteiger partial charge in [-0.2, -0.15) is 5.10 Å². The van der Waals surface area contributed by atoms with E-state index in [-0.39, 0.29) is 88.0 Å². The summed E-state index contributed by atoms with van der Waals surface area (Å²) in [5, 5.41) is 14.5. The highest BCUT2D eigenvalue weighted by Gasteiger charge is 2.48. The molecule has 6 unspecified atom stereocenters. The van der Waals surface area contributed by atoms with Gasteiger partial charge in [0.1, 0.15) is 47.6 Å². The number of aromatic nitrogens is 4. The summed E-state index contributed by atoms with van der Waals surface area (Å²) < 4.78 is 63.0. The molecule has 26 heteroatoms. The molecule has 18 nitrogen and oxygen atoms in total. The molecule has 1 saturated heterocycles. The number of carboxylic acid groups (broad SMARTS) is 1. The molecule has 1 fully saturated rings. The smallest absolute Gasteiger partial charge is 0.361 e. The van der Waals surface area contributed by atoms with Crippen LogP contribution in [-0.2, 0) is 72.8 Å². The number of H-pyrrole nitrogens is 1. The van der Waals surface area contributed by atoms with Crippen molar-refractivity contribution in [2.75, 3.05) is 51.9 Å². The summed E-state index contributed by atoms with van der Waals surface area (Å²) in [5.41, 5.74) is 10.6. The SMILES string of the molecule is Brc1ccc(C2(c3ccccc3)CO2)cc1.CC(=O)C(c1ccccc1)c1ccc(Br)cc1.CCOP(=O)(OCC)c1ccc(C(C(C)=O)c2ccccc2)cc1.CCOP(C)(=O)c1ccc(C(C(=O)Cc2cnc(-n3cccn3)[nH]c2=O)c2ccccc2)cc1.C[S+](C)(C)=O.O=C(O)C(c1ccccc1)c1ccc(Br)cc1.O=C(c1ccccc1)c1ccc(Br)cc1.[I-]. The first-order valence-electron chi connectivity index (χ1n) is 40.9. The Kier molecular flexibility index (Phi) is 41.7. The number of ketones is 4. The van der Waals surface area contributed by atoms with Gasteiger partial charge in [0.05, 0.1) is 59.4 Å². The van der Waals surface area contributed by atoms with Gasteiger partial charge in [-0.05, 0) is 181 Å². The molecule has 6 atom stereocenters. The first kappa shape index (κ1) is 104. The predicted molar refractivity (Wildman–Crippen MR) is 526 cm³/mol. The number of hydrogen-bond donors (Lipinski definition) is 2. The van der Waals surface area contributed by atoms with Gasteiger partial charge in [-0.25, -0.2) is 9.67 Å². The second kappa shape index (κ2) is 51.5. The average Bonchev–Trinajstić information content (AvgIpc) is 1.59. The molecule has 668 valence electrons. The van der Waals surface area contributed by atoms with Crippen molar-refractivity contribution in [3.63, 3.8) is 0 Å². The number of carbonyl (C=O) groups excluding carboxylic acids is 4. The van der Waals surface area contributed by atoms with Gasteiger partial charge in [-0.1, -0.05) is 306 Å². The predicted octanol–water partition coefficient (Wildman–Crippen LogP) is 20.4. The highest BCUT2D eigenvalue weighted by molar-refractivity contribution is 9.11. The molecule has 15 rings (SSSR count). The van der Waals surface area contributed by atoms with E-state index >= 15 is 0 Å². The molecule has 2 aromatic heterocycles. The van der Waals surface area contributed by atoms with Gasteiger partial charge in [0.15, 0.2) is 5.78 Å². The molecule has 14 aromatic rings. The lowest BCUT2D eigenvalue weighted by atomic mass is 9.85. The van der Waals surface area contributed by atoms with Gasteiger partial charge in [0.25, 0.3) is 5.56 Å². The zero-order valence-electron chi connectivity index (χ0n) is 72.6. The number of nitrogens with zero attached hydrogens (tertiary/aromatic N) is 3. The third kappa shape index (κ3) is 31.9. The van der Waals surface area contributed by atoms with Crippen LogP contribution >= 0.6 is 78.7 Å². The lowest BCUT2D eigenvalue weighted by Gasteiger charge is -2.19. The number of carboxylic acids is 1. The number of aromatic amines is 1. The Morgan fingerprint density at radius 2 is 0.791 bits per heavy atom. The summed E-state index contributed by atoms with van der Waals surface area (Å²) in [5.74, 6) is -2.12. The van der Waals surface area contributed by atoms with E-state index in [1.54, 1.807) is 115 Å². The molecule has 129 heavy (non-hydrogen) atoms. The number of benzene rings is 12. The fourth-order valence-electron chi connectivity index (χ4n) is 13.6. The maximum Gasteiger partial charge on any atom is 0.361 e. The van der Waals surface area contributed by atoms with Crippen LogP contribution in [0.1, 0.15) is 135 Å². The Hall–Kier alpha value is -10.0. The largest absolute Gasteiger partial charge is 1.00 e. The van der Waals surface area contributed by atoms with Crippen LogP contribution in [0.2, 0.25) is 0 Å². The Labute approximate surface area is 806 Å². The number of hydrogen-bond acceptors (Lipinski definition) is 15. The number of rotatable bonds is 27. The quantitative estimate of drug-likeness (QED) is 0.0159. The van der Waals surface area contributed by atoms with Crippen molar-refractivity contribution in [1.29, 1.82) is 0 Å². The van der Waals surface area contributed by atoms with Crippen LogP contribution in [-0.4, -0.2) is 106 Å². The topological polar surface area (TPSA) is 261 Å². The Bertz CT molecular complexity index is 5960. The number of Topliss-reactive ketones (excluding diaryl/α,β-unsaturated/α-hetero) is 3. The van der Waals surface area contributed by atoms with E-state index in [2.05, 4.69) is 127 Å². The molecule has 2 N–H and O–H groups in total. The monoisotopic (exact) mass is 2150 g/mol. The van der Waals surface area contributed by atoms with Crippen LogP contribution in [0.15, 0.2) is 375 Å². The van der Waals surface area contributed by atoms with Crippen molar-refractivity contribution in [3.8, 4) is 5.95 Å². The van der Waals surface area contributed by atoms with Gasteiger partial charge in [0.2, 0.25) is 13.3 Å². The summed E-state index contributed by atoms with van der Waals surface area (Å²) in [7, 11) is -7.64. The highest BCUT2D eigenvalue weighted by Crippen LogP contribution is 2.48. The molecule has 0 radical (unpaired) electrons. The minimum Gasteiger partial charge on any atom is -1.00 e. The van der Waals surface area contributed by atoms with E-state index in [0.717, 1.165) is 74.6 Å².